The van der Waals surface area contributed by atoms with Gasteiger partial charge in [-0.3, -0.25) is 4.79 Å². The van der Waals surface area contributed by atoms with Gasteiger partial charge in [0, 0.05) is 22.3 Å². The molecule has 4 heteroatoms. The van der Waals surface area contributed by atoms with Gasteiger partial charge in [0.25, 0.3) is 0 Å². The molecule has 4 heterocycles. The Bertz CT molecular complexity index is 1130. The Kier molecular flexibility index (Phi) is 4.85. The van der Waals surface area contributed by atoms with E-state index in [1.165, 1.54) is 42.4 Å². The summed E-state index contributed by atoms with van der Waals surface area (Å²) in [6.07, 6.45) is 4.69. The zero-order chi connectivity index (χ0) is 22.1. The fraction of sp³-hybridized carbons (Fsp3) is 0.481. The molecule has 0 spiro atoms. The summed E-state index contributed by atoms with van der Waals surface area (Å²) in [5.41, 5.74) is 5.40. The van der Waals surface area contributed by atoms with Crippen LogP contribution in [0.2, 0.25) is 0 Å². The van der Waals surface area contributed by atoms with Crippen LogP contribution >= 0.6 is 11.3 Å². The van der Waals surface area contributed by atoms with Crippen LogP contribution in [0.5, 0.6) is 0 Å². The van der Waals surface area contributed by atoms with Gasteiger partial charge in [-0.05, 0) is 95.5 Å². The predicted molar refractivity (Wildman–Crippen MR) is 130 cm³/mol. The number of carbonyl (C=O) groups is 1. The molecule has 0 unspecified atom stereocenters. The number of nitrogens with one attached hydrogen (secondary N) is 1. The fourth-order valence-corrected chi connectivity index (χ4v) is 6.97. The van der Waals surface area contributed by atoms with Crippen molar-refractivity contribution in [2.24, 2.45) is 0 Å². The van der Waals surface area contributed by atoms with E-state index in [0.717, 1.165) is 26.4 Å². The highest BCUT2D eigenvalue weighted by Gasteiger charge is 2.47. The lowest BCUT2D eigenvalue weighted by molar-refractivity contribution is -0.137. The Balaban J connectivity index is 1.57. The quantitative estimate of drug-likeness (QED) is 0.486. The second-order valence-corrected chi connectivity index (χ2v) is 11.3. The summed E-state index contributed by atoms with van der Waals surface area (Å²) < 4.78 is 0. The molecule has 3 aromatic rings. The first-order chi connectivity index (χ1) is 14.7. The highest BCUT2D eigenvalue weighted by Crippen LogP contribution is 2.45. The largest absolute Gasteiger partial charge is 0.346 e. The minimum atomic E-state index is -0.523. The third-order valence-electron chi connectivity index (χ3n) is 7.33. The first-order valence-corrected chi connectivity index (χ1v) is 12.3. The molecule has 0 aliphatic carbocycles. The molecule has 3 nitrogen and oxygen atoms in total. The Morgan fingerprint density at radius 1 is 1.10 bits per heavy atom. The van der Waals surface area contributed by atoms with Crippen molar-refractivity contribution in [3.8, 4) is 11.3 Å². The van der Waals surface area contributed by atoms with Crippen LogP contribution in [-0.4, -0.2) is 27.9 Å². The molecule has 31 heavy (non-hydrogen) atoms. The lowest BCUT2D eigenvalue weighted by atomic mass is 9.88. The third-order valence-corrected chi connectivity index (χ3v) is 8.71. The number of rotatable bonds is 4. The van der Waals surface area contributed by atoms with E-state index in [-0.39, 0.29) is 5.92 Å². The average molecular weight is 433 g/mol. The summed E-state index contributed by atoms with van der Waals surface area (Å²) in [5, 5.41) is 1.16. The minimum absolute atomic E-state index is 0.0970. The first-order valence-electron chi connectivity index (χ1n) is 11.5. The molecule has 1 aromatic carbocycles. The molecule has 5 rings (SSSR count). The second kappa shape index (κ2) is 7.23. The standard InChI is InChI=1S/C27H32N2OS/c1-15(2)23-21-14-22(27(5,6)26(30)29-19-7-8-20(29)10-9-19)31-25(21)28-24(23)18-12-16(3)11-17(4)13-18/h1,11-15,19-20,28H,7-10H2,2-6H3/t15-,19?,20?/m0/s1. The van der Waals surface area contributed by atoms with Gasteiger partial charge in [-0.1, -0.05) is 24.1 Å². The minimum Gasteiger partial charge on any atom is -0.346 e. The molecule has 0 saturated carbocycles. The van der Waals surface area contributed by atoms with Crippen molar-refractivity contribution in [2.75, 3.05) is 0 Å². The van der Waals surface area contributed by atoms with Gasteiger partial charge in [0.2, 0.25) is 5.91 Å². The van der Waals surface area contributed by atoms with Crippen molar-refractivity contribution in [1.82, 2.24) is 9.88 Å². The fourth-order valence-electron chi connectivity index (χ4n) is 5.80. The van der Waals surface area contributed by atoms with Crippen LogP contribution in [0.3, 0.4) is 0 Å². The Morgan fingerprint density at radius 2 is 1.68 bits per heavy atom. The second-order valence-electron chi connectivity index (χ2n) is 10.2. The van der Waals surface area contributed by atoms with Crippen molar-refractivity contribution in [2.45, 2.75) is 83.7 Å². The van der Waals surface area contributed by atoms with Gasteiger partial charge in [-0.2, -0.15) is 0 Å². The Labute approximate surface area is 189 Å². The maximum Gasteiger partial charge on any atom is 0.233 e. The number of aromatic nitrogens is 1. The van der Waals surface area contributed by atoms with E-state index < -0.39 is 5.41 Å². The van der Waals surface area contributed by atoms with E-state index in [1.54, 1.807) is 11.3 Å². The van der Waals surface area contributed by atoms with Crippen LogP contribution < -0.4 is 0 Å². The number of aromatic amines is 1. The number of thiophene rings is 1. The molecule has 1 N–H and O–H groups in total. The van der Waals surface area contributed by atoms with E-state index in [2.05, 4.69) is 61.8 Å². The summed E-state index contributed by atoms with van der Waals surface area (Å²) in [7, 11) is 0. The summed E-state index contributed by atoms with van der Waals surface area (Å²) in [4.78, 5) is 21.7. The normalized spacial score (nSPS) is 21.1. The van der Waals surface area contributed by atoms with Crippen molar-refractivity contribution in [3.05, 3.63) is 52.8 Å². The number of nitrogens with zero attached hydrogens (tertiary/aromatic N) is 1. The zero-order valence-electron chi connectivity index (χ0n) is 19.2. The van der Waals surface area contributed by atoms with Crippen LogP contribution in [0, 0.1) is 20.8 Å². The molecule has 2 fully saturated rings. The topological polar surface area (TPSA) is 36.1 Å². The summed E-state index contributed by atoms with van der Waals surface area (Å²) in [5.74, 6) is 0.193. The SMILES string of the molecule is [CH][C@@H](C)c1c(-c2cc(C)cc(C)c2)[nH]c2sc(C(C)(C)C(=O)N3C4CCC3CC4)cc12. The molecule has 1 atom stereocenters. The molecular weight excluding hydrogens is 400 g/mol. The van der Waals surface area contributed by atoms with Gasteiger partial charge in [-0.15, -0.1) is 11.3 Å². The number of carbonyl (C=O) groups excluding carboxylic acids is 1. The maximum absolute atomic E-state index is 13.6. The van der Waals surface area contributed by atoms with E-state index in [4.69, 9.17) is 6.92 Å². The number of fused-ring (bicyclic) bond motifs is 3. The first kappa shape index (κ1) is 20.8. The molecular formula is C27H32N2OS. The van der Waals surface area contributed by atoms with Gasteiger partial charge in [0.1, 0.15) is 4.83 Å². The van der Waals surface area contributed by atoms with Gasteiger partial charge in [0.05, 0.1) is 11.1 Å². The molecule has 1 amide bonds. The Hall–Kier alpha value is -2.07. The van der Waals surface area contributed by atoms with Crippen molar-refractivity contribution >= 4 is 27.5 Å². The van der Waals surface area contributed by atoms with E-state index >= 15 is 0 Å². The third kappa shape index (κ3) is 3.26. The van der Waals surface area contributed by atoms with Crippen molar-refractivity contribution < 1.29 is 4.79 Å². The smallest absolute Gasteiger partial charge is 0.233 e. The number of H-pyrrole nitrogens is 1. The van der Waals surface area contributed by atoms with Crippen LogP contribution in [0.25, 0.3) is 21.5 Å². The van der Waals surface area contributed by atoms with E-state index in [1.807, 2.05) is 6.92 Å². The predicted octanol–water partition coefficient (Wildman–Crippen LogP) is 6.76. The summed E-state index contributed by atoms with van der Waals surface area (Å²) in [6, 6.07) is 9.75. The molecule has 162 valence electrons. The lowest BCUT2D eigenvalue weighted by Crippen LogP contribution is -2.45. The number of benzene rings is 1. The molecule has 2 bridgehead atoms. The monoisotopic (exact) mass is 432 g/mol. The van der Waals surface area contributed by atoms with Crippen LogP contribution in [0.15, 0.2) is 24.3 Å². The summed E-state index contributed by atoms with van der Waals surface area (Å²) >= 11 is 1.71. The van der Waals surface area contributed by atoms with Gasteiger partial charge < -0.3 is 9.88 Å². The van der Waals surface area contributed by atoms with Crippen LogP contribution in [-0.2, 0) is 10.2 Å². The van der Waals surface area contributed by atoms with E-state index in [0.29, 0.717) is 18.0 Å². The number of aryl methyl sites for hydroxylation is 2. The van der Waals surface area contributed by atoms with Crippen molar-refractivity contribution in [1.29, 1.82) is 0 Å². The number of hydrogen-bond donors (Lipinski definition) is 1. The lowest BCUT2D eigenvalue weighted by Gasteiger charge is -2.31. The number of hydrogen-bond acceptors (Lipinski definition) is 2. The number of amides is 1. The summed E-state index contributed by atoms with van der Waals surface area (Å²) in [6.45, 7) is 17.0. The molecule has 2 aromatic heterocycles. The molecule has 2 aliphatic rings. The molecule has 2 saturated heterocycles. The maximum atomic E-state index is 13.6. The van der Waals surface area contributed by atoms with Crippen molar-refractivity contribution in [3.63, 3.8) is 0 Å². The van der Waals surface area contributed by atoms with Crippen LogP contribution in [0.4, 0.5) is 0 Å². The molecule has 2 aliphatic heterocycles. The van der Waals surface area contributed by atoms with Gasteiger partial charge in [-0.25, -0.2) is 0 Å². The van der Waals surface area contributed by atoms with E-state index in [9.17, 15) is 4.79 Å². The zero-order valence-corrected chi connectivity index (χ0v) is 20.0. The van der Waals surface area contributed by atoms with Gasteiger partial charge in [0.15, 0.2) is 0 Å². The Morgan fingerprint density at radius 3 is 2.23 bits per heavy atom. The molecule has 2 radical (unpaired) electrons. The average Bonchev–Trinajstić information content (AvgIpc) is 3.45. The van der Waals surface area contributed by atoms with Crippen LogP contribution in [0.1, 0.15) is 73.9 Å². The highest BCUT2D eigenvalue weighted by atomic mass is 32.1. The van der Waals surface area contributed by atoms with Gasteiger partial charge >= 0.3 is 0 Å². The highest BCUT2D eigenvalue weighted by molar-refractivity contribution is 7.19.